The molecule has 0 amide bonds. The topological polar surface area (TPSA) is 167 Å². The Bertz CT molecular complexity index is 1090. The molecule has 0 radical (unpaired) electrons. The monoisotopic (exact) mass is 568 g/mol. The number of aliphatic hydroxyl groups excluding tert-OH is 1. The van der Waals surface area contributed by atoms with E-state index in [0.717, 1.165) is 0 Å². The number of esters is 4. The molecule has 0 aromatic heterocycles. The van der Waals surface area contributed by atoms with Gasteiger partial charge in [0.2, 0.25) is 0 Å². The zero-order valence-electron chi connectivity index (χ0n) is 24.0. The van der Waals surface area contributed by atoms with Crippen LogP contribution >= 0.6 is 0 Å². The molecule has 2 heterocycles. The summed E-state index contributed by atoms with van der Waals surface area (Å²) in [5.74, 6) is -3.86. The van der Waals surface area contributed by atoms with Crippen molar-refractivity contribution in [3.05, 3.63) is 11.6 Å². The molecular weight excluding hydrogens is 528 g/mol. The van der Waals surface area contributed by atoms with Crippen molar-refractivity contribution in [1.29, 1.82) is 0 Å². The third kappa shape index (κ3) is 4.53. The van der Waals surface area contributed by atoms with Crippen molar-refractivity contribution in [2.45, 2.75) is 122 Å². The maximum absolute atomic E-state index is 13.0. The van der Waals surface area contributed by atoms with Crippen LogP contribution < -0.4 is 0 Å². The minimum atomic E-state index is -1.67. The quantitative estimate of drug-likeness (QED) is 0.120. The predicted molar refractivity (Wildman–Crippen MR) is 135 cm³/mol. The first-order valence-corrected chi connectivity index (χ1v) is 13.8. The van der Waals surface area contributed by atoms with Crippen LogP contribution in [0.4, 0.5) is 0 Å². The Morgan fingerprint density at radius 2 is 1.73 bits per heavy atom. The van der Waals surface area contributed by atoms with E-state index in [4.69, 9.17) is 28.6 Å². The highest BCUT2D eigenvalue weighted by Crippen LogP contribution is 2.65. The number of carbonyl (C=O) groups is 4. The second-order valence-electron chi connectivity index (χ2n) is 11.9. The molecule has 0 aromatic rings. The number of hydrogen-bond acceptors (Lipinski definition) is 12. The molecule has 4 aliphatic rings. The fourth-order valence-electron chi connectivity index (χ4n) is 7.34. The zero-order chi connectivity index (χ0) is 29.8. The number of ether oxygens (including phenoxy) is 5. The number of aliphatic hydroxyl groups is 1. The predicted octanol–water partition coefficient (Wildman–Crippen LogP) is 2.25. The van der Waals surface area contributed by atoms with E-state index < -0.39 is 89.0 Å². The minimum Gasteiger partial charge on any atom is -0.462 e. The van der Waals surface area contributed by atoms with Crippen LogP contribution in [0.3, 0.4) is 0 Å². The molecule has 11 atom stereocenters. The van der Waals surface area contributed by atoms with Crippen molar-refractivity contribution in [3.8, 4) is 0 Å². The fraction of sp³-hybridized carbons (Fsp3) is 0.786. The summed E-state index contributed by atoms with van der Waals surface area (Å²) in [6.45, 7) is 11.0. The number of hydrogen-bond donors (Lipinski definition) is 2. The molecule has 2 aliphatic heterocycles. The lowest BCUT2D eigenvalue weighted by molar-refractivity contribution is -0.297. The lowest BCUT2D eigenvalue weighted by atomic mass is 9.53. The fourth-order valence-corrected chi connectivity index (χ4v) is 7.34. The summed E-state index contributed by atoms with van der Waals surface area (Å²) in [6, 6.07) is 0. The van der Waals surface area contributed by atoms with Gasteiger partial charge in [0, 0.05) is 44.4 Å². The van der Waals surface area contributed by atoms with Gasteiger partial charge in [-0.2, -0.15) is 0 Å². The van der Waals surface area contributed by atoms with Crippen LogP contribution in [0.15, 0.2) is 11.6 Å². The Labute approximate surface area is 233 Å². The van der Waals surface area contributed by atoms with E-state index in [9.17, 15) is 29.5 Å². The summed E-state index contributed by atoms with van der Waals surface area (Å²) < 4.78 is 29.2. The van der Waals surface area contributed by atoms with Gasteiger partial charge in [0.25, 0.3) is 0 Å². The highest BCUT2D eigenvalue weighted by Gasteiger charge is 2.87. The average Bonchev–Trinajstić information content (AvgIpc) is 3.45. The zero-order valence-corrected chi connectivity index (χ0v) is 24.0. The summed E-state index contributed by atoms with van der Waals surface area (Å²) in [5.41, 5.74) is -4.02. The van der Waals surface area contributed by atoms with Crippen LogP contribution in [-0.2, 0) is 47.8 Å². The third-order valence-electron chi connectivity index (χ3n) is 9.45. The molecule has 0 unspecified atom stereocenters. The molecule has 224 valence electrons. The van der Waals surface area contributed by atoms with Crippen LogP contribution in [0.1, 0.15) is 74.1 Å². The Morgan fingerprint density at radius 1 is 1.10 bits per heavy atom. The SMILES string of the molecule is CCCC(=O)O[C@@H]1C[C@@H](OC(C)=O)[C@]2(C)[C@@H]([C@@H]1C)[C@@H](O)[C@@]13O[C@]1(C)C(=O)O[C@@H]3[C@H](OO)C(C)=CC[C@H]2OC(C)=O. The molecule has 2 saturated heterocycles. The summed E-state index contributed by atoms with van der Waals surface area (Å²) in [4.78, 5) is 55.1. The minimum absolute atomic E-state index is 0.0988. The van der Waals surface area contributed by atoms with Crippen LogP contribution in [0, 0.1) is 17.3 Å². The van der Waals surface area contributed by atoms with E-state index >= 15 is 0 Å². The molecule has 1 spiro atoms. The smallest absolute Gasteiger partial charge is 0.341 e. The summed E-state index contributed by atoms with van der Waals surface area (Å²) in [5, 5.41) is 22.2. The van der Waals surface area contributed by atoms with Crippen LogP contribution in [0.25, 0.3) is 0 Å². The van der Waals surface area contributed by atoms with Crippen molar-refractivity contribution in [1.82, 2.24) is 0 Å². The molecule has 12 heteroatoms. The molecule has 3 fully saturated rings. The van der Waals surface area contributed by atoms with Gasteiger partial charge in [-0.1, -0.05) is 26.8 Å². The average molecular weight is 569 g/mol. The van der Waals surface area contributed by atoms with Crippen LogP contribution in [0.2, 0.25) is 0 Å². The maximum atomic E-state index is 13.0. The Hall–Kier alpha value is -2.54. The highest BCUT2D eigenvalue weighted by atomic mass is 17.1. The third-order valence-corrected chi connectivity index (χ3v) is 9.45. The van der Waals surface area contributed by atoms with Crippen molar-refractivity contribution >= 4 is 23.9 Å². The molecule has 0 bridgehead atoms. The van der Waals surface area contributed by atoms with Gasteiger partial charge < -0.3 is 28.8 Å². The lowest BCUT2D eigenvalue weighted by Crippen LogP contribution is -2.66. The van der Waals surface area contributed by atoms with E-state index in [2.05, 4.69) is 0 Å². The summed E-state index contributed by atoms with van der Waals surface area (Å²) >= 11 is 0. The van der Waals surface area contributed by atoms with Gasteiger partial charge in [0.05, 0.1) is 6.10 Å². The van der Waals surface area contributed by atoms with Gasteiger partial charge >= 0.3 is 23.9 Å². The molecule has 4 rings (SSSR count). The Morgan fingerprint density at radius 3 is 2.27 bits per heavy atom. The lowest BCUT2D eigenvalue weighted by Gasteiger charge is -2.56. The van der Waals surface area contributed by atoms with Crippen molar-refractivity contribution in [2.75, 3.05) is 0 Å². The Balaban J connectivity index is 1.94. The number of epoxide rings is 1. The molecule has 1 saturated carbocycles. The Kier molecular flexibility index (Phi) is 8.14. The van der Waals surface area contributed by atoms with Gasteiger partial charge in [0.1, 0.15) is 18.3 Å². The molecular formula is C28H40O12. The first kappa shape index (κ1) is 30.4. The van der Waals surface area contributed by atoms with Crippen LogP contribution in [-0.4, -0.2) is 82.1 Å². The van der Waals surface area contributed by atoms with Gasteiger partial charge in [-0.05, 0) is 31.8 Å². The second kappa shape index (κ2) is 10.7. The molecule has 2 N–H and O–H groups in total. The summed E-state index contributed by atoms with van der Waals surface area (Å²) in [6.07, 6.45) is -3.95. The molecule has 0 aromatic carbocycles. The number of rotatable bonds is 6. The van der Waals surface area contributed by atoms with Gasteiger partial charge in [-0.25, -0.2) is 9.68 Å². The van der Waals surface area contributed by atoms with E-state index in [1.165, 1.54) is 20.8 Å². The molecule has 12 nitrogen and oxygen atoms in total. The van der Waals surface area contributed by atoms with Crippen LogP contribution in [0.5, 0.6) is 0 Å². The van der Waals surface area contributed by atoms with E-state index in [0.29, 0.717) is 12.0 Å². The summed E-state index contributed by atoms with van der Waals surface area (Å²) in [7, 11) is 0. The van der Waals surface area contributed by atoms with Crippen molar-refractivity contribution < 1.29 is 58.1 Å². The number of fused-ring (bicyclic) bond motifs is 1. The van der Waals surface area contributed by atoms with Gasteiger partial charge in [-0.15, -0.1) is 0 Å². The molecule has 40 heavy (non-hydrogen) atoms. The number of carbonyl (C=O) groups excluding carboxylic acids is 4. The normalized spacial score (nSPS) is 44.1. The first-order valence-electron chi connectivity index (χ1n) is 13.8. The van der Waals surface area contributed by atoms with Crippen molar-refractivity contribution in [2.24, 2.45) is 17.3 Å². The maximum Gasteiger partial charge on any atom is 0.341 e. The highest BCUT2D eigenvalue weighted by molar-refractivity contribution is 5.88. The largest absolute Gasteiger partial charge is 0.462 e. The van der Waals surface area contributed by atoms with Gasteiger partial charge in [0.15, 0.2) is 23.4 Å². The van der Waals surface area contributed by atoms with Gasteiger partial charge in [-0.3, -0.25) is 19.6 Å². The van der Waals surface area contributed by atoms with Crippen molar-refractivity contribution in [3.63, 3.8) is 0 Å². The van der Waals surface area contributed by atoms with E-state index in [-0.39, 0.29) is 19.3 Å². The molecule has 2 aliphatic carbocycles. The first-order chi connectivity index (χ1) is 18.7. The van der Waals surface area contributed by atoms with E-state index in [1.54, 1.807) is 26.8 Å². The second-order valence-corrected chi connectivity index (χ2v) is 11.9. The standard InChI is InChI=1S/C28H40O12/c1-8-9-20(31)37-17-12-19(36-16(5)30)26(6)18(35-15(4)29)11-10-13(2)22(39-34)24-28(23(32)21(26)14(17)3)27(7,40-28)25(33)38-24/h10,14,17-19,21-24,32,34H,8-9,11-12H2,1-7H3/t14-,17-,18-,19-,21+,22-,23-,24-,26-,27-,28+/m1/s1. The van der Waals surface area contributed by atoms with E-state index in [1.807, 2.05) is 6.92 Å².